The molecule has 0 spiro atoms. The number of hydrazone groups is 1. The first-order valence-electron chi connectivity index (χ1n) is 12.9. The highest BCUT2D eigenvalue weighted by Gasteiger charge is 2.28. The monoisotopic (exact) mass is 682 g/mol. The van der Waals surface area contributed by atoms with Crippen LogP contribution >= 0.6 is 27.5 Å². The molecule has 43 heavy (non-hydrogen) atoms. The van der Waals surface area contributed by atoms with Crippen molar-refractivity contribution in [2.75, 3.05) is 23.3 Å². The van der Waals surface area contributed by atoms with Gasteiger partial charge in [-0.15, -0.1) is 0 Å². The molecule has 0 fully saturated rings. The van der Waals surface area contributed by atoms with Gasteiger partial charge in [0.15, 0.2) is 0 Å². The number of sulfonamides is 1. The minimum atomic E-state index is -4.15. The van der Waals surface area contributed by atoms with Crippen molar-refractivity contribution in [1.29, 1.82) is 0 Å². The molecule has 4 aromatic rings. The van der Waals surface area contributed by atoms with E-state index in [4.69, 9.17) is 16.3 Å². The van der Waals surface area contributed by atoms with Crippen LogP contribution in [0.1, 0.15) is 28.4 Å². The zero-order valence-corrected chi connectivity index (χ0v) is 26.6. The SMILES string of the molecule is COc1ccc(S(=O)(=O)N(CC(=O)N/N=C(/C)c2cccc(NC(=O)c3cccc(Cl)c3)c2)c2ccc(C)cc2)cc1Br. The average Bonchev–Trinajstić information content (AvgIpc) is 2.99. The van der Waals surface area contributed by atoms with Crippen molar-refractivity contribution >= 4 is 66.5 Å². The molecule has 2 N–H and O–H groups in total. The predicted octanol–water partition coefficient (Wildman–Crippen LogP) is 6.41. The van der Waals surface area contributed by atoms with Gasteiger partial charge in [0.2, 0.25) is 0 Å². The Bertz CT molecular complexity index is 1800. The largest absolute Gasteiger partial charge is 0.496 e. The number of ether oxygens (including phenoxy) is 1. The van der Waals surface area contributed by atoms with Crippen LogP contribution in [-0.4, -0.2) is 39.6 Å². The average molecular weight is 684 g/mol. The molecule has 0 aliphatic heterocycles. The standard InChI is InChI=1S/C31H28BrClN4O5S/c1-20-10-12-26(13-11-20)37(43(40,41)27-14-15-29(42-3)28(32)18-27)19-30(38)36-35-21(2)22-6-5-9-25(17-22)34-31(39)23-7-4-8-24(33)16-23/h4-18H,19H2,1-3H3,(H,34,39)(H,36,38)/b35-21-. The fourth-order valence-electron chi connectivity index (χ4n) is 3.99. The number of rotatable bonds is 10. The van der Waals surface area contributed by atoms with Crippen LogP contribution in [-0.2, 0) is 14.8 Å². The number of nitrogens with zero attached hydrogens (tertiary/aromatic N) is 2. The molecule has 0 aromatic heterocycles. The van der Waals surface area contributed by atoms with Gasteiger partial charge in [0, 0.05) is 16.3 Å². The van der Waals surface area contributed by atoms with E-state index in [0.717, 1.165) is 9.87 Å². The van der Waals surface area contributed by atoms with Gasteiger partial charge in [0.1, 0.15) is 12.3 Å². The number of nitrogens with one attached hydrogen (secondary N) is 2. The quantitative estimate of drug-likeness (QED) is 0.148. The topological polar surface area (TPSA) is 117 Å². The first kappa shape index (κ1) is 31.7. The van der Waals surface area contributed by atoms with Crippen molar-refractivity contribution < 1.29 is 22.7 Å². The minimum Gasteiger partial charge on any atom is -0.496 e. The smallest absolute Gasteiger partial charge is 0.264 e. The Morgan fingerprint density at radius 3 is 2.33 bits per heavy atom. The third-order valence-electron chi connectivity index (χ3n) is 6.29. The summed E-state index contributed by atoms with van der Waals surface area (Å²) < 4.78 is 34.1. The molecule has 4 rings (SSSR count). The minimum absolute atomic E-state index is 0.0233. The van der Waals surface area contributed by atoms with E-state index < -0.39 is 22.5 Å². The van der Waals surface area contributed by atoms with Crippen molar-refractivity contribution in [1.82, 2.24) is 5.43 Å². The molecule has 0 bridgehead atoms. The lowest BCUT2D eigenvalue weighted by Gasteiger charge is -2.24. The summed E-state index contributed by atoms with van der Waals surface area (Å²) in [6, 6.07) is 24.7. The highest BCUT2D eigenvalue weighted by atomic mass is 79.9. The third kappa shape index (κ3) is 8.01. The van der Waals surface area contributed by atoms with E-state index in [2.05, 4.69) is 31.8 Å². The Labute approximate surface area is 263 Å². The number of benzene rings is 4. The van der Waals surface area contributed by atoms with Gasteiger partial charge in [-0.05, 0) is 96.0 Å². The number of halogens is 2. The molecule has 2 amide bonds. The fraction of sp³-hybridized carbons (Fsp3) is 0.129. The zero-order valence-electron chi connectivity index (χ0n) is 23.5. The molecule has 0 saturated carbocycles. The third-order valence-corrected chi connectivity index (χ3v) is 8.92. The van der Waals surface area contributed by atoms with Crippen molar-refractivity contribution in [3.63, 3.8) is 0 Å². The van der Waals surface area contributed by atoms with Gasteiger partial charge in [-0.1, -0.05) is 47.5 Å². The Balaban J connectivity index is 1.52. The van der Waals surface area contributed by atoms with Crippen LogP contribution in [0, 0.1) is 6.92 Å². The van der Waals surface area contributed by atoms with E-state index in [1.807, 2.05) is 6.92 Å². The fourth-order valence-corrected chi connectivity index (χ4v) is 6.32. The summed E-state index contributed by atoms with van der Waals surface area (Å²) in [6.45, 7) is 3.04. The van der Waals surface area contributed by atoms with Gasteiger partial charge in [0.05, 0.1) is 27.9 Å². The van der Waals surface area contributed by atoms with Gasteiger partial charge < -0.3 is 10.1 Å². The second-order valence-electron chi connectivity index (χ2n) is 9.42. The van der Waals surface area contributed by atoms with Crippen molar-refractivity contribution in [2.45, 2.75) is 18.7 Å². The summed E-state index contributed by atoms with van der Waals surface area (Å²) in [6.07, 6.45) is 0. The van der Waals surface area contributed by atoms with Crippen LogP contribution in [0.2, 0.25) is 5.02 Å². The summed E-state index contributed by atoms with van der Waals surface area (Å²) in [7, 11) is -2.67. The zero-order chi connectivity index (χ0) is 31.1. The summed E-state index contributed by atoms with van der Waals surface area (Å²) in [5.41, 5.74) is 5.70. The lowest BCUT2D eigenvalue weighted by atomic mass is 10.1. The van der Waals surface area contributed by atoms with Gasteiger partial charge in [0.25, 0.3) is 21.8 Å². The number of anilines is 2. The Hall–Kier alpha value is -4.19. The first-order valence-corrected chi connectivity index (χ1v) is 15.5. The molecule has 0 saturated heterocycles. The highest BCUT2D eigenvalue weighted by molar-refractivity contribution is 9.10. The molecule has 9 nitrogen and oxygen atoms in total. The summed E-state index contributed by atoms with van der Waals surface area (Å²) in [5.74, 6) is -0.512. The summed E-state index contributed by atoms with van der Waals surface area (Å²) in [4.78, 5) is 25.6. The molecule has 0 heterocycles. The van der Waals surface area contributed by atoms with E-state index in [0.29, 0.717) is 43.5 Å². The molecule has 0 aliphatic rings. The van der Waals surface area contributed by atoms with Crippen LogP contribution in [0.3, 0.4) is 0 Å². The van der Waals surface area contributed by atoms with E-state index in [-0.39, 0.29) is 10.8 Å². The molecule has 0 radical (unpaired) electrons. The van der Waals surface area contributed by atoms with Gasteiger partial charge in [-0.2, -0.15) is 5.10 Å². The number of aryl methyl sites for hydroxylation is 1. The maximum Gasteiger partial charge on any atom is 0.264 e. The maximum atomic E-state index is 13.7. The van der Waals surface area contributed by atoms with E-state index in [9.17, 15) is 18.0 Å². The predicted molar refractivity (Wildman–Crippen MR) is 173 cm³/mol. The lowest BCUT2D eigenvalue weighted by Crippen LogP contribution is -2.39. The second kappa shape index (κ2) is 13.9. The lowest BCUT2D eigenvalue weighted by molar-refractivity contribution is -0.119. The normalized spacial score (nSPS) is 11.5. The Morgan fingerprint density at radius 1 is 0.953 bits per heavy atom. The van der Waals surface area contributed by atoms with Crippen molar-refractivity contribution in [2.24, 2.45) is 5.10 Å². The summed E-state index contributed by atoms with van der Waals surface area (Å²) in [5, 5.41) is 7.44. The molecule has 12 heteroatoms. The van der Waals surface area contributed by atoms with Crippen LogP contribution in [0.5, 0.6) is 5.75 Å². The van der Waals surface area contributed by atoms with Crippen LogP contribution < -0.4 is 19.8 Å². The Kier molecular flexibility index (Phi) is 10.2. The number of carbonyl (C=O) groups is 2. The van der Waals surface area contributed by atoms with Gasteiger partial charge in [-0.25, -0.2) is 13.8 Å². The molecular formula is C31H28BrClN4O5S. The van der Waals surface area contributed by atoms with E-state index in [1.54, 1.807) is 79.7 Å². The molecule has 4 aromatic carbocycles. The number of carbonyl (C=O) groups excluding carboxylic acids is 2. The first-order chi connectivity index (χ1) is 20.5. The summed E-state index contributed by atoms with van der Waals surface area (Å²) >= 11 is 9.32. The number of methoxy groups -OCH3 is 1. The van der Waals surface area contributed by atoms with Crippen LogP contribution in [0.4, 0.5) is 11.4 Å². The molecule has 0 aliphatic carbocycles. The number of hydrogen-bond donors (Lipinski definition) is 2. The van der Waals surface area contributed by atoms with Crippen molar-refractivity contribution in [3.05, 3.63) is 117 Å². The molecule has 222 valence electrons. The van der Waals surface area contributed by atoms with Crippen LogP contribution in [0.25, 0.3) is 0 Å². The maximum absolute atomic E-state index is 13.7. The van der Waals surface area contributed by atoms with E-state index in [1.165, 1.54) is 25.3 Å². The van der Waals surface area contributed by atoms with Gasteiger partial charge >= 0.3 is 0 Å². The number of hydrogen-bond acceptors (Lipinski definition) is 6. The number of amides is 2. The molecule has 0 atom stereocenters. The Morgan fingerprint density at radius 2 is 1.65 bits per heavy atom. The van der Waals surface area contributed by atoms with Crippen LogP contribution in [0.15, 0.2) is 105 Å². The molecular weight excluding hydrogens is 656 g/mol. The van der Waals surface area contributed by atoms with Crippen molar-refractivity contribution in [3.8, 4) is 5.75 Å². The van der Waals surface area contributed by atoms with Gasteiger partial charge in [-0.3, -0.25) is 13.9 Å². The second-order valence-corrected chi connectivity index (χ2v) is 12.6. The molecule has 0 unspecified atom stereocenters. The highest BCUT2D eigenvalue weighted by Crippen LogP contribution is 2.30. The van der Waals surface area contributed by atoms with E-state index >= 15 is 0 Å².